The average Bonchev–Trinajstić information content (AvgIpc) is 2.96. The molecular weight excluding hydrogens is 310 g/mol. The molecular formula is C22H21NS. The number of benzene rings is 2. The van der Waals surface area contributed by atoms with Gasteiger partial charge in [0.25, 0.3) is 0 Å². The number of rotatable bonds is 1. The van der Waals surface area contributed by atoms with Gasteiger partial charge >= 0.3 is 0 Å². The largest absolute Gasteiger partial charge is 0.365 e. The van der Waals surface area contributed by atoms with Crippen molar-refractivity contribution in [2.24, 2.45) is 0 Å². The summed E-state index contributed by atoms with van der Waals surface area (Å²) in [6, 6.07) is 13.8. The van der Waals surface area contributed by atoms with Crippen molar-refractivity contribution in [1.29, 1.82) is 0 Å². The lowest BCUT2D eigenvalue weighted by molar-refractivity contribution is 0.723. The van der Waals surface area contributed by atoms with E-state index in [1.54, 1.807) is 0 Å². The Labute approximate surface area is 147 Å². The summed E-state index contributed by atoms with van der Waals surface area (Å²) in [5.41, 5.74) is 3.59. The van der Waals surface area contributed by atoms with Crippen molar-refractivity contribution in [2.45, 2.75) is 19.9 Å². The van der Waals surface area contributed by atoms with Crippen LogP contribution in [0.4, 0.5) is 5.69 Å². The monoisotopic (exact) mass is 331 g/mol. The summed E-state index contributed by atoms with van der Waals surface area (Å²) in [5, 5.41) is 2.69. The molecule has 0 aliphatic carbocycles. The van der Waals surface area contributed by atoms with Gasteiger partial charge in [0.05, 0.1) is 0 Å². The van der Waals surface area contributed by atoms with Crippen LogP contribution in [-0.2, 0) is 0 Å². The topological polar surface area (TPSA) is 3.24 Å². The maximum atomic E-state index is 4.31. The Hall–Kier alpha value is -2.32. The highest BCUT2D eigenvalue weighted by Gasteiger charge is 2.18. The number of nitrogens with zero attached hydrogens (tertiary/aromatic N) is 1. The quantitative estimate of drug-likeness (QED) is 0.498. The number of fused-ring (bicyclic) bond motifs is 4. The van der Waals surface area contributed by atoms with Gasteiger partial charge in [0.15, 0.2) is 0 Å². The van der Waals surface area contributed by atoms with Crippen molar-refractivity contribution in [1.82, 2.24) is 0 Å². The first-order valence-corrected chi connectivity index (χ1v) is 9.21. The smallest absolute Gasteiger partial charge is 0.0458 e. The second-order valence-corrected chi connectivity index (χ2v) is 7.61. The molecule has 1 nitrogen and oxygen atoms in total. The van der Waals surface area contributed by atoms with Crippen LogP contribution in [0.15, 0.2) is 67.3 Å². The molecule has 0 radical (unpaired) electrons. The van der Waals surface area contributed by atoms with Gasteiger partial charge < -0.3 is 4.90 Å². The van der Waals surface area contributed by atoms with E-state index in [-0.39, 0.29) is 0 Å². The van der Waals surface area contributed by atoms with Gasteiger partial charge in [0, 0.05) is 44.0 Å². The van der Waals surface area contributed by atoms with Crippen molar-refractivity contribution in [2.75, 3.05) is 11.4 Å². The highest BCUT2D eigenvalue weighted by molar-refractivity contribution is 7.25. The lowest BCUT2D eigenvalue weighted by Gasteiger charge is -2.30. The molecule has 4 rings (SSSR count). The lowest BCUT2D eigenvalue weighted by atomic mass is 10.0. The molecule has 2 heteroatoms. The van der Waals surface area contributed by atoms with Gasteiger partial charge in [-0.2, -0.15) is 0 Å². The van der Waals surface area contributed by atoms with Gasteiger partial charge in [-0.3, -0.25) is 0 Å². The Bertz CT molecular complexity index is 988. The zero-order chi connectivity index (χ0) is 16.7. The minimum Gasteiger partial charge on any atom is -0.365 e. The van der Waals surface area contributed by atoms with Crippen LogP contribution in [0.1, 0.15) is 19.4 Å². The van der Waals surface area contributed by atoms with Crippen molar-refractivity contribution in [3.8, 4) is 0 Å². The summed E-state index contributed by atoms with van der Waals surface area (Å²) < 4.78 is 2.68. The molecule has 0 saturated heterocycles. The van der Waals surface area contributed by atoms with Gasteiger partial charge in [-0.25, -0.2) is 0 Å². The zero-order valence-corrected chi connectivity index (χ0v) is 14.9. The van der Waals surface area contributed by atoms with E-state index in [0.717, 1.165) is 12.1 Å². The Balaban J connectivity index is 2.05. The fraction of sp³-hybridized carbons (Fsp3) is 0.182. The molecule has 0 unspecified atom stereocenters. The van der Waals surface area contributed by atoms with E-state index in [0.29, 0.717) is 6.04 Å². The first-order valence-electron chi connectivity index (χ1n) is 8.39. The number of anilines is 1. The van der Waals surface area contributed by atoms with Crippen LogP contribution in [0.5, 0.6) is 0 Å². The molecule has 0 atom stereocenters. The Morgan fingerprint density at radius 1 is 1.04 bits per heavy atom. The molecule has 1 aliphatic heterocycles. The molecule has 3 aromatic rings. The third-order valence-electron chi connectivity index (χ3n) is 4.62. The predicted octanol–water partition coefficient (Wildman–Crippen LogP) is 6.41. The van der Waals surface area contributed by atoms with Crippen LogP contribution in [0.2, 0.25) is 0 Å². The molecule has 0 bridgehead atoms. The Morgan fingerprint density at radius 3 is 2.71 bits per heavy atom. The van der Waals surface area contributed by atoms with Crippen molar-refractivity contribution >= 4 is 42.8 Å². The van der Waals surface area contributed by atoms with E-state index < -0.39 is 0 Å². The molecule has 0 amide bonds. The molecule has 1 aliphatic rings. The third-order valence-corrected chi connectivity index (χ3v) is 5.75. The van der Waals surface area contributed by atoms with E-state index >= 15 is 0 Å². The molecule has 1 aromatic heterocycles. The summed E-state index contributed by atoms with van der Waals surface area (Å²) in [4.78, 5) is 2.45. The highest BCUT2D eigenvalue weighted by atomic mass is 32.1. The van der Waals surface area contributed by atoms with E-state index in [2.05, 4.69) is 86.0 Å². The minimum atomic E-state index is 0.432. The summed E-state index contributed by atoms with van der Waals surface area (Å²) in [5.74, 6) is 0. The Morgan fingerprint density at radius 2 is 1.88 bits per heavy atom. The normalized spacial score (nSPS) is 17.6. The zero-order valence-electron chi connectivity index (χ0n) is 14.1. The lowest BCUT2D eigenvalue weighted by Crippen LogP contribution is -2.31. The van der Waals surface area contributed by atoms with Gasteiger partial charge in [-0.15, -0.1) is 11.3 Å². The third kappa shape index (κ3) is 2.47. The number of hydrogen-bond acceptors (Lipinski definition) is 2. The average molecular weight is 331 g/mol. The fourth-order valence-corrected chi connectivity index (χ4v) is 4.48. The molecule has 2 heterocycles. The highest BCUT2D eigenvalue weighted by Crippen LogP contribution is 2.40. The first-order chi connectivity index (χ1) is 11.6. The van der Waals surface area contributed by atoms with E-state index in [9.17, 15) is 0 Å². The van der Waals surface area contributed by atoms with Gasteiger partial charge in [-0.1, -0.05) is 49.1 Å². The molecule has 120 valence electrons. The molecule has 0 saturated carbocycles. The van der Waals surface area contributed by atoms with E-state index in [4.69, 9.17) is 0 Å². The van der Waals surface area contributed by atoms with Crippen LogP contribution >= 0.6 is 11.3 Å². The predicted molar refractivity (Wildman–Crippen MR) is 109 cm³/mol. The van der Waals surface area contributed by atoms with Gasteiger partial charge in [-0.05, 0) is 37.6 Å². The molecule has 24 heavy (non-hydrogen) atoms. The summed E-state index contributed by atoms with van der Waals surface area (Å²) in [7, 11) is 0. The molecule has 2 aromatic carbocycles. The van der Waals surface area contributed by atoms with Crippen LogP contribution in [0.25, 0.3) is 25.7 Å². The van der Waals surface area contributed by atoms with Crippen LogP contribution < -0.4 is 4.90 Å². The fourth-order valence-electron chi connectivity index (χ4n) is 3.36. The van der Waals surface area contributed by atoms with E-state index in [1.165, 1.54) is 31.4 Å². The maximum absolute atomic E-state index is 4.31. The van der Waals surface area contributed by atoms with Crippen LogP contribution in [0, 0.1) is 0 Å². The van der Waals surface area contributed by atoms with Crippen molar-refractivity contribution < 1.29 is 0 Å². The second kappa shape index (κ2) is 5.95. The van der Waals surface area contributed by atoms with Crippen molar-refractivity contribution in [3.05, 3.63) is 72.8 Å². The molecule has 0 N–H and O–H groups in total. The number of thiophene rings is 1. The summed E-state index contributed by atoms with van der Waals surface area (Å²) >= 11 is 1.86. The van der Waals surface area contributed by atoms with Gasteiger partial charge in [0.1, 0.15) is 0 Å². The van der Waals surface area contributed by atoms with Crippen molar-refractivity contribution in [3.63, 3.8) is 0 Å². The molecule has 0 spiro atoms. The summed E-state index contributed by atoms with van der Waals surface area (Å²) in [6.45, 7) is 9.73. The standard InChI is InChI=1S/C22H21NS/c1-15(2)23-12-8-4-5-9-16(3)18-14-22-19(13-20(18)23)17-10-6-7-11-21(17)24-22/h4-11,13-15H,3,12H2,1-2H3/b8-4-,9-5-. The van der Waals surface area contributed by atoms with Crippen LogP contribution in [0.3, 0.4) is 0 Å². The minimum absolute atomic E-state index is 0.432. The van der Waals surface area contributed by atoms with E-state index in [1.807, 2.05) is 11.3 Å². The Kier molecular flexibility index (Phi) is 3.78. The SMILES string of the molecule is C=C1/C=C\C=C/CN(C(C)C)c2cc3c(cc21)sc1ccccc13. The van der Waals surface area contributed by atoms with Crippen LogP contribution in [-0.4, -0.2) is 12.6 Å². The number of allylic oxidation sites excluding steroid dienone is 4. The maximum Gasteiger partial charge on any atom is 0.0458 e. The number of hydrogen-bond donors (Lipinski definition) is 0. The van der Waals surface area contributed by atoms with Gasteiger partial charge in [0.2, 0.25) is 0 Å². The molecule has 0 fully saturated rings. The summed E-state index contributed by atoms with van der Waals surface area (Å²) in [6.07, 6.45) is 8.53. The first kappa shape index (κ1) is 15.2. The second-order valence-electron chi connectivity index (χ2n) is 6.52.